The number of rotatable bonds is 9. The van der Waals surface area contributed by atoms with E-state index < -0.39 is 17.9 Å². The van der Waals surface area contributed by atoms with E-state index in [4.69, 9.17) is 9.15 Å². The van der Waals surface area contributed by atoms with Gasteiger partial charge in [-0.3, -0.25) is 4.79 Å². The number of nitrogens with zero attached hydrogens (tertiary/aromatic N) is 1. The molecule has 1 atom stereocenters. The van der Waals surface area contributed by atoms with E-state index in [1.165, 1.54) is 0 Å². The van der Waals surface area contributed by atoms with Crippen LogP contribution >= 0.6 is 0 Å². The second-order valence-electron chi connectivity index (χ2n) is 7.59. The molecule has 1 N–H and O–H groups in total. The molecule has 0 spiro atoms. The van der Waals surface area contributed by atoms with Crippen molar-refractivity contribution in [3.05, 3.63) is 53.5 Å². The standard InChI is InChI=1S/C20H26N2O5/c1-14-6-5-7-16(10-14)26-13-17-8-9-18(27-17)20(25)21-15(11-19(23)24)12-22(2,3)4/h5-10,15H,11-13H2,1-4H3,(H-,21,23,24,25)/t15-/m1/s1. The van der Waals surface area contributed by atoms with Crippen LogP contribution < -0.4 is 15.2 Å². The van der Waals surface area contributed by atoms with Crippen molar-refractivity contribution in [1.29, 1.82) is 0 Å². The summed E-state index contributed by atoms with van der Waals surface area (Å²) in [6.45, 7) is 2.61. The van der Waals surface area contributed by atoms with Crippen LogP contribution in [0.1, 0.15) is 28.3 Å². The quantitative estimate of drug-likeness (QED) is 0.664. The third kappa shape index (κ3) is 7.15. The minimum Gasteiger partial charge on any atom is -0.550 e. The van der Waals surface area contributed by atoms with E-state index in [1.54, 1.807) is 12.1 Å². The van der Waals surface area contributed by atoms with Crippen LogP contribution in [0.3, 0.4) is 0 Å². The topological polar surface area (TPSA) is 91.6 Å². The second-order valence-corrected chi connectivity index (χ2v) is 7.59. The monoisotopic (exact) mass is 374 g/mol. The van der Waals surface area contributed by atoms with Crippen LogP contribution in [0.5, 0.6) is 5.75 Å². The van der Waals surface area contributed by atoms with Crippen molar-refractivity contribution in [3.63, 3.8) is 0 Å². The summed E-state index contributed by atoms with van der Waals surface area (Å²) < 4.78 is 11.7. The van der Waals surface area contributed by atoms with E-state index in [-0.39, 0.29) is 18.8 Å². The molecule has 1 amide bonds. The van der Waals surface area contributed by atoms with E-state index in [2.05, 4.69) is 5.32 Å². The van der Waals surface area contributed by atoms with Crippen LogP contribution in [-0.2, 0) is 11.4 Å². The maximum Gasteiger partial charge on any atom is 0.287 e. The van der Waals surface area contributed by atoms with Crippen LogP contribution in [0.25, 0.3) is 0 Å². The summed E-state index contributed by atoms with van der Waals surface area (Å²) in [6.07, 6.45) is -0.259. The Morgan fingerprint density at radius 2 is 1.96 bits per heavy atom. The number of aliphatic carboxylic acids is 1. The summed E-state index contributed by atoms with van der Waals surface area (Å²) in [4.78, 5) is 23.3. The predicted octanol–water partition coefficient (Wildman–Crippen LogP) is 1.11. The molecule has 0 saturated carbocycles. The van der Waals surface area contributed by atoms with Gasteiger partial charge in [0.25, 0.3) is 5.91 Å². The molecule has 0 saturated heterocycles. The molecule has 1 aromatic carbocycles. The van der Waals surface area contributed by atoms with Crippen LogP contribution in [0.15, 0.2) is 40.8 Å². The zero-order valence-electron chi connectivity index (χ0n) is 16.2. The number of furan rings is 1. The molecule has 0 aliphatic carbocycles. The summed E-state index contributed by atoms with van der Waals surface area (Å²) in [5.41, 5.74) is 1.09. The normalized spacial score (nSPS) is 12.4. The Morgan fingerprint density at radius 3 is 2.59 bits per heavy atom. The number of ether oxygens (including phenoxy) is 1. The molecular formula is C20H26N2O5. The van der Waals surface area contributed by atoms with Crippen LogP contribution in [-0.4, -0.2) is 50.1 Å². The first-order valence-electron chi connectivity index (χ1n) is 8.72. The van der Waals surface area contributed by atoms with Gasteiger partial charge in [0.1, 0.15) is 18.1 Å². The van der Waals surface area contributed by atoms with E-state index >= 15 is 0 Å². The van der Waals surface area contributed by atoms with Gasteiger partial charge < -0.3 is 28.9 Å². The number of amides is 1. The molecule has 2 aromatic rings. The van der Waals surface area contributed by atoms with Crippen LogP contribution in [0.2, 0.25) is 0 Å². The Bertz CT molecular complexity index is 792. The van der Waals surface area contributed by atoms with Gasteiger partial charge in [-0.15, -0.1) is 0 Å². The lowest BCUT2D eigenvalue weighted by molar-refractivity contribution is -0.871. The number of likely N-dealkylation sites (N-methyl/N-ethyl adjacent to an activating group) is 1. The molecule has 0 unspecified atom stereocenters. The van der Waals surface area contributed by atoms with Crippen molar-refractivity contribution in [2.45, 2.75) is 26.0 Å². The van der Waals surface area contributed by atoms with Gasteiger partial charge in [-0.1, -0.05) is 12.1 Å². The van der Waals surface area contributed by atoms with Gasteiger partial charge in [-0.05, 0) is 36.8 Å². The largest absolute Gasteiger partial charge is 0.550 e. The van der Waals surface area contributed by atoms with Gasteiger partial charge in [0.15, 0.2) is 5.76 Å². The molecule has 0 bridgehead atoms. The first kappa shape index (κ1) is 20.5. The van der Waals surface area contributed by atoms with Crippen molar-refractivity contribution in [2.75, 3.05) is 27.7 Å². The minimum atomic E-state index is -1.21. The first-order valence-corrected chi connectivity index (χ1v) is 8.72. The Morgan fingerprint density at radius 1 is 1.22 bits per heavy atom. The fraction of sp³-hybridized carbons (Fsp3) is 0.400. The number of carbonyl (C=O) groups is 2. The summed E-state index contributed by atoms with van der Waals surface area (Å²) in [5.74, 6) is -0.335. The molecule has 0 aliphatic rings. The Hall–Kier alpha value is -2.80. The summed E-state index contributed by atoms with van der Waals surface area (Å²) in [7, 11) is 5.76. The van der Waals surface area contributed by atoms with Crippen molar-refractivity contribution in [2.24, 2.45) is 0 Å². The SMILES string of the molecule is Cc1cccc(OCc2ccc(C(=O)N[C@H](CC(=O)[O-])C[N+](C)(C)C)o2)c1. The number of carboxylic acids is 1. The molecular weight excluding hydrogens is 348 g/mol. The van der Waals surface area contributed by atoms with Gasteiger partial charge in [-0.2, -0.15) is 0 Å². The van der Waals surface area contributed by atoms with Crippen molar-refractivity contribution < 1.29 is 28.3 Å². The molecule has 0 radical (unpaired) electrons. The number of carbonyl (C=O) groups excluding carboxylic acids is 2. The number of quaternary nitrogens is 1. The third-order valence-electron chi connectivity index (χ3n) is 3.77. The van der Waals surface area contributed by atoms with E-state index in [1.807, 2.05) is 52.3 Å². The van der Waals surface area contributed by atoms with E-state index in [0.29, 0.717) is 16.8 Å². The third-order valence-corrected chi connectivity index (χ3v) is 3.77. The maximum absolute atomic E-state index is 12.4. The summed E-state index contributed by atoms with van der Waals surface area (Å²) in [5, 5.41) is 13.7. The van der Waals surface area contributed by atoms with Crippen molar-refractivity contribution >= 4 is 11.9 Å². The number of nitrogens with one attached hydrogen (secondary N) is 1. The highest BCUT2D eigenvalue weighted by molar-refractivity contribution is 5.91. The summed E-state index contributed by atoms with van der Waals surface area (Å²) >= 11 is 0. The zero-order chi connectivity index (χ0) is 20.0. The van der Waals surface area contributed by atoms with Gasteiger partial charge in [0.2, 0.25) is 0 Å². The van der Waals surface area contributed by atoms with Crippen LogP contribution in [0, 0.1) is 6.92 Å². The predicted molar refractivity (Wildman–Crippen MR) is 98.0 cm³/mol. The Labute approximate surface area is 159 Å². The average Bonchev–Trinajstić information content (AvgIpc) is 2.99. The molecule has 7 nitrogen and oxygen atoms in total. The fourth-order valence-electron chi connectivity index (χ4n) is 2.72. The number of carboxylic acid groups (broad SMARTS) is 1. The molecule has 2 rings (SSSR count). The highest BCUT2D eigenvalue weighted by Gasteiger charge is 2.22. The Balaban J connectivity index is 1.96. The van der Waals surface area contributed by atoms with Crippen molar-refractivity contribution in [3.8, 4) is 5.75 Å². The first-order chi connectivity index (χ1) is 12.6. The second kappa shape index (κ2) is 8.73. The molecule has 0 aliphatic heterocycles. The van der Waals surface area contributed by atoms with Gasteiger partial charge in [0, 0.05) is 12.4 Å². The molecule has 1 aromatic heterocycles. The molecule has 1 heterocycles. The fourth-order valence-corrected chi connectivity index (χ4v) is 2.72. The highest BCUT2D eigenvalue weighted by Crippen LogP contribution is 2.16. The lowest BCUT2D eigenvalue weighted by Crippen LogP contribution is -2.50. The van der Waals surface area contributed by atoms with Gasteiger partial charge >= 0.3 is 0 Å². The lowest BCUT2D eigenvalue weighted by Gasteiger charge is -2.29. The molecule has 0 fully saturated rings. The number of hydrogen-bond donors (Lipinski definition) is 1. The number of aryl methyl sites for hydroxylation is 1. The van der Waals surface area contributed by atoms with Crippen molar-refractivity contribution in [1.82, 2.24) is 5.32 Å². The smallest absolute Gasteiger partial charge is 0.287 e. The zero-order valence-corrected chi connectivity index (χ0v) is 16.2. The maximum atomic E-state index is 12.4. The summed E-state index contributed by atoms with van der Waals surface area (Å²) in [6, 6.07) is 10.3. The number of benzene rings is 1. The minimum absolute atomic E-state index is 0.114. The van der Waals surface area contributed by atoms with Gasteiger partial charge in [0.05, 0.1) is 33.7 Å². The lowest BCUT2D eigenvalue weighted by atomic mass is 10.2. The van der Waals surface area contributed by atoms with E-state index in [0.717, 1.165) is 11.3 Å². The Kier molecular flexibility index (Phi) is 6.63. The van der Waals surface area contributed by atoms with Crippen LogP contribution in [0.4, 0.5) is 0 Å². The van der Waals surface area contributed by atoms with E-state index in [9.17, 15) is 14.7 Å². The molecule has 146 valence electrons. The highest BCUT2D eigenvalue weighted by atomic mass is 16.5. The molecule has 7 heteroatoms. The average molecular weight is 374 g/mol. The number of hydrogen-bond acceptors (Lipinski definition) is 5. The molecule has 27 heavy (non-hydrogen) atoms. The van der Waals surface area contributed by atoms with Gasteiger partial charge in [-0.25, -0.2) is 0 Å².